The van der Waals surface area contributed by atoms with E-state index in [-0.39, 0.29) is 23.6 Å². The Kier molecular flexibility index (Phi) is 7.62. The van der Waals surface area contributed by atoms with Crippen LogP contribution in [0.15, 0.2) is 72.6 Å². The molecule has 9 nitrogen and oxygen atoms in total. The van der Waals surface area contributed by atoms with Crippen LogP contribution in [0.4, 0.5) is 5.69 Å². The van der Waals surface area contributed by atoms with Crippen LogP contribution in [0.3, 0.4) is 0 Å². The molecule has 1 atom stereocenters. The van der Waals surface area contributed by atoms with Gasteiger partial charge in [0.25, 0.3) is 17.4 Å². The number of aliphatic hydroxyl groups is 1. The molecule has 3 aromatic rings. The third-order valence-corrected chi connectivity index (χ3v) is 6.25. The van der Waals surface area contributed by atoms with E-state index in [1.165, 1.54) is 29.2 Å². The van der Waals surface area contributed by atoms with Crippen LogP contribution in [0.1, 0.15) is 48.1 Å². The number of ether oxygens (including phenoxy) is 1. The number of benzene rings is 2. The molecule has 1 saturated heterocycles. The number of carbonyl (C=O) groups excluding carboxylic acids is 2. The maximum Gasteiger partial charge on any atom is 0.295 e. The number of nitro groups is 1. The van der Waals surface area contributed by atoms with E-state index in [9.17, 15) is 24.8 Å². The second-order valence-corrected chi connectivity index (χ2v) is 8.82. The van der Waals surface area contributed by atoms with Crippen LogP contribution >= 0.6 is 0 Å². The smallest absolute Gasteiger partial charge is 0.295 e. The number of unbranched alkanes of at least 4 members (excludes halogenated alkanes) is 1. The molecule has 1 aromatic heterocycles. The molecule has 0 spiro atoms. The number of amides is 1. The van der Waals surface area contributed by atoms with E-state index in [0.29, 0.717) is 34.6 Å². The summed E-state index contributed by atoms with van der Waals surface area (Å²) in [7, 11) is 0. The molecule has 4 rings (SSSR count). The van der Waals surface area contributed by atoms with Crippen molar-refractivity contribution in [2.45, 2.75) is 39.3 Å². The number of carbonyl (C=O) groups is 2. The highest BCUT2D eigenvalue weighted by molar-refractivity contribution is 6.46. The first-order valence-corrected chi connectivity index (χ1v) is 12.0. The Morgan fingerprint density at radius 1 is 1.16 bits per heavy atom. The summed E-state index contributed by atoms with van der Waals surface area (Å²) in [4.78, 5) is 42.5. The molecule has 1 aliphatic rings. The number of pyridine rings is 1. The maximum atomic E-state index is 13.3. The Hall–Kier alpha value is -4.53. The number of likely N-dealkylation sites (tertiary alicyclic amines) is 1. The number of non-ortho nitro benzene ring substituents is 1. The molecule has 0 saturated carbocycles. The molecular weight excluding hydrogens is 474 g/mol. The Morgan fingerprint density at radius 2 is 1.92 bits per heavy atom. The van der Waals surface area contributed by atoms with Crippen LogP contribution in [0.5, 0.6) is 5.75 Å². The lowest BCUT2D eigenvalue weighted by molar-refractivity contribution is -0.384. The highest BCUT2D eigenvalue weighted by atomic mass is 16.6. The van der Waals surface area contributed by atoms with Crippen molar-refractivity contribution < 1.29 is 24.4 Å². The summed E-state index contributed by atoms with van der Waals surface area (Å²) in [5.74, 6) is -1.27. The van der Waals surface area contributed by atoms with Gasteiger partial charge in [-0.15, -0.1) is 0 Å². The molecule has 2 heterocycles. The van der Waals surface area contributed by atoms with Gasteiger partial charge in [0.05, 0.1) is 23.1 Å². The zero-order valence-corrected chi connectivity index (χ0v) is 20.6. The lowest BCUT2D eigenvalue weighted by Gasteiger charge is -2.25. The zero-order chi connectivity index (χ0) is 26.5. The van der Waals surface area contributed by atoms with Crippen LogP contribution in [0, 0.1) is 17.0 Å². The Bertz CT molecular complexity index is 1350. The van der Waals surface area contributed by atoms with Gasteiger partial charge in [-0.1, -0.05) is 19.4 Å². The molecule has 9 heteroatoms. The van der Waals surface area contributed by atoms with Crippen molar-refractivity contribution in [3.05, 3.63) is 105 Å². The van der Waals surface area contributed by atoms with Crippen molar-refractivity contribution in [2.75, 3.05) is 6.61 Å². The summed E-state index contributed by atoms with van der Waals surface area (Å²) in [5.41, 5.74) is 2.03. The van der Waals surface area contributed by atoms with Crippen molar-refractivity contribution in [3.8, 4) is 5.75 Å². The van der Waals surface area contributed by atoms with E-state index in [1.807, 2.05) is 0 Å². The molecule has 0 bridgehead atoms. The molecule has 1 amide bonds. The zero-order valence-electron chi connectivity index (χ0n) is 20.6. The fraction of sp³-hybridized carbons (Fsp3) is 0.250. The topological polar surface area (TPSA) is 123 Å². The van der Waals surface area contributed by atoms with Gasteiger partial charge in [0.1, 0.15) is 11.5 Å². The summed E-state index contributed by atoms with van der Waals surface area (Å²) < 4.78 is 5.74. The minimum absolute atomic E-state index is 0.0695. The normalized spacial score (nSPS) is 16.7. The molecule has 1 aliphatic heterocycles. The highest BCUT2D eigenvalue weighted by Crippen LogP contribution is 2.41. The summed E-state index contributed by atoms with van der Waals surface area (Å²) >= 11 is 0. The van der Waals surface area contributed by atoms with Crippen molar-refractivity contribution in [3.63, 3.8) is 0 Å². The number of aliphatic hydroxyl groups excluding tert-OH is 1. The maximum absolute atomic E-state index is 13.3. The summed E-state index contributed by atoms with van der Waals surface area (Å²) in [5, 5.41) is 22.5. The number of hydrogen-bond acceptors (Lipinski definition) is 7. The minimum Gasteiger partial charge on any atom is -0.507 e. The van der Waals surface area contributed by atoms with Crippen LogP contribution < -0.4 is 4.74 Å². The average molecular weight is 502 g/mol. The van der Waals surface area contributed by atoms with E-state index >= 15 is 0 Å². The average Bonchev–Trinajstić information content (AvgIpc) is 3.14. The third-order valence-electron chi connectivity index (χ3n) is 6.25. The standard InChI is InChI=1S/C28H27N3O6/c1-3-4-14-37-22-11-12-23(18(2)15-22)26(32)24-25(20-7-9-21(10-8-20)31(35)36)30(28(34)27(24)33)17-19-6-5-13-29-16-19/h5-13,15-16,25,32H,3-4,14,17H2,1-2H3/t25-/m0/s1. The Labute approximate surface area is 214 Å². The number of aryl methyl sites for hydroxylation is 1. The van der Waals surface area contributed by atoms with Crippen molar-refractivity contribution in [2.24, 2.45) is 0 Å². The van der Waals surface area contributed by atoms with Gasteiger partial charge in [0.2, 0.25) is 0 Å². The number of nitro benzene ring substituents is 1. The van der Waals surface area contributed by atoms with Gasteiger partial charge < -0.3 is 14.7 Å². The Balaban J connectivity index is 1.79. The first-order valence-electron chi connectivity index (χ1n) is 12.0. The van der Waals surface area contributed by atoms with Gasteiger partial charge in [0, 0.05) is 36.6 Å². The molecule has 2 aromatic carbocycles. The molecule has 0 unspecified atom stereocenters. The lowest BCUT2D eigenvalue weighted by atomic mass is 9.93. The fourth-order valence-corrected chi connectivity index (χ4v) is 4.33. The molecule has 37 heavy (non-hydrogen) atoms. The van der Waals surface area contributed by atoms with E-state index in [4.69, 9.17) is 4.74 Å². The molecule has 0 aliphatic carbocycles. The highest BCUT2D eigenvalue weighted by Gasteiger charge is 2.46. The minimum atomic E-state index is -0.944. The van der Waals surface area contributed by atoms with Gasteiger partial charge in [-0.25, -0.2) is 0 Å². The largest absolute Gasteiger partial charge is 0.507 e. The quantitative estimate of drug-likeness (QED) is 0.108. The van der Waals surface area contributed by atoms with Crippen LogP contribution in [-0.2, 0) is 16.1 Å². The number of nitrogens with zero attached hydrogens (tertiary/aromatic N) is 3. The number of ketones is 1. The number of aromatic nitrogens is 1. The first kappa shape index (κ1) is 25.6. The second kappa shape index (κ2) is 11.0. The van der Waals surface area contributed by atoms with Crippen LogP contribution in [-0.4, -0.2) is 38.2 Å². The monoisotopic (exact) mass is 501 g/mol. The molecule has 190 valence electrons. The number of rotatable bonds is 9. The second-order valence-electron chi connectivity index (χ2n) is 8.82. The first-order chi connectivity index (χ1) is 17.8. The van der Waals surface area contributed by atoms with Gasteiger partial charge in [0.15, 0.2) is 0 Å². The third kappa shape index (κ3) is 5.35. The summed E-state index contributed by atoms with van der Waals surface area (Å²) in [6, 6.07) is 13.3. The van der Waals surface area contributed by atoms with E-state index < -0.39 is 22.7 Å². The number of hydrogen-bond donors (Lipinski definition) is 1. The van der Waals surface area contributed by atoms with Gasteiger partial charge in [-0.3, -0.25) is 24.7 Å². The lowest BCUT2D eigenvalue weighted by Crippen LogP contribution is -2.29. The van der Waals surface area contributed by atoms with E-state index in [2.05, 4.69) is 11.9 Å². The van der Waals surface area contributed by atoms with Crippen LogP contribution in [0.25, 0.3) is 5.76 Å². The molecule has 1 N–H and O–H groups in total. The molecule has 1 fully saturated rings. The van der Waals surface area contributed by atoms with Crippen molar-refractivity contribution in [1.29, 1.82) is 0 Å². The predicted octanol–water partition coefficient (Wildman–Crippen LogP) is 5.10. The SMILES string of the molecule is CCCCOc1ccc(C(O)=C2C(=O)C(=O)N(Cc3cccnc3)[C@H]2c2ccc([N+](=O)[O-])cc2)c(C)c1. The summed E-state index contributed by atoms with van der Waals surface area (Å²) in [6.45, 7) is 4.50. The fourth-order valence-electron chi connectivity index (χ4n) is 4.33. The van der Waals surface area contributed by atoms with E-state index in [1.54, 1.807) is 49.6 Å². The van der Waals surface area contributed by atoms with E-state index in [0.717, 1.165) is 12.8 Å². The molecule has 0 radical (unpaired) electrons. The van der Waals surface area contributed by atoms with Gasteiger partial charge in [-0.05, 0) is 66.4 Å². The molecular formula is C28H27N3O6. The number of Topliss-reactive ketones (excluding diaryl/α,β-unsaturated/α-hetero) is 1. The van der Waals surface area contributed by atoms with Crippen LogP contribution in [0.2, 0.25) is 0 Å². The Morgan fingerprint density at radius 3 is 2.54 bits per heavy atom. The van der Waals surface area contributed by atoms with Gasteiger partial charge >= 0.3 is 0 Å². The van der Waals surface area contributed by atoms with Crippen molar-refractivity contribution >= 4 is 23.1 Å². The predicted molar refractivity (Wildman–Crippen MR) is 137 cm³/mol. The van der Waals surface area contributed by atoms with Crippen molar-refractivity contribution in [1.82, 2.24) is 9.88 Å². The van der Waals surface area contributed by atoms with Gasteiger partial charge in [-0.2, -0.15) is 0 Å². The summed E-state index contributed by atoms with van der Waals surface area (Å²) in [6.07, 6.45) is 5.10.